The summed E-state index contributed by atoms with van der Waals surface area (Å²) in [6.07, 6.45) is -5.14. The third-order valence-corrected chi connectivity index (χ3v) is 7.35. The van der Waals surface area contributed by atoms with Gasteiger partial charge in [0.2, 0.25) is 0 Å². The molecule has 10 heteroatoms. The van der Waals surface area contributed by atoms with Crippen LogP contribution >= 0.6 is 0 Å². The lowest BCUT2D eigenvalue weighted by molar-refractivity contribution is -0.188. The Morgan fingerprint density at radius 2 is 1.70 bits per heavy atom. The van der Waals surface area contributed by atoms with E-state index in [1.54, 1.807) is 0 Å². The van der Waals surface area contributed by atoms with E-state index in [1.165, 1.54) is 14.2 Å². The molecule has 0 unspecified atom stereocenters. The van der Waals surface area contributed by atoms with Crippen LogP contribution in [-0.2, 0) is 30.2 Å². The molecule has 2 aliphatic rings. The van der Waals surface area contributed by atoms with E-state index < -0.39 is 48.4 Å². The lowest BCUT2D eigenvalue weighted by Crippen LogP contribution is -2.59. The van der Waals surface area contributed by atoms with E-state index in [0.717, 1.165) is 16.5 Å². The van der Waals surface area contributed by atoms with E-state index in [-0.39, 0.29) is 19.4 Å². The number of benzene rings is 2. The lowest BCUT2D eigenvalue weighted by atomic mass is 9.87. The van der Waals surface area contributed by atoms with Gasteiger partial charge in [0, 0.05) is 28.2 Å². The Hall–Kier alpha value is -3.44. The van der Waals surface area contributed by atoms with Crippen LogP contribution < -0.4 is 4.90 Å². The van der Waals surface area contributed by atoms with Gasteiger partial charge in [-0.05, 0) is 23.3 Å². The molecule has 0 spiro atoms. The molecule has 3 aromatic rings. The third kappa shape index (κ3) is 4.36. The van der Waals surface area contributed by atoms with E-state index in [9.17, 15) is 24.9 Å². The van der Waals surface area contributed by atoms with Crippen LogP contribution in [0.4, 0.5) is 5.69 Å². The number of aliphatic hydroxyl groups is 3. The molecule has 0 aliphatic carbocycles. The number of H-pyrrole nitrogens is 1. The van der Waals surface area contributed by atoms with Gasteiger partial charge in [0.25, 0.3) is 0 Å². The molecule has 1 aromatic heterocycles. The highest BCUT2D eigenvalue weighted by molar-refractivity contribution is 5.89. The van der Waals surface area contributed by atoms with Gasteiger partial charge >= 0.3 is 11.9 Å². The average Bonchev–Trinajstić information content (AvgIpc) is 3.42. The second kappa shape index (κ2) is 10.1. The number of methoxy groups -OCH3 is 2. The number of hydrogen-bond acceptors (Lipinski definition) is 9. The van der Waals surface area contributed by atoms with Crippen molar-refractivity contribution in [1.82, 2.24) is 4.98 Å². The first-order chi connectivity index (χ1) is 17.8. The Bertz CT molecular complexity index is 1310. The summed E-state index contributed by atoms with van der Waals surface area (Å²) in [5, 5.41) is 32.4. The third-order valence-electron chi connectivity index (χ3n) is 7.35. The number of aliphatic hydroxyl groups excluding tert-OH is 3. The van der Waals surface area contributed by atoms with Gasteiger partial charge in [0.15, 0.2) is 6.23 Å². The highest BCUT2D eigenvalue weighted by Gasteiger charge is 2.50. The number of anilines is 1. The first-order valence-corrected chi connectivity index (χ1v) is 12.1. The number of rotatable bonds is 6. The predicted molar refractivity (Wildman–Crippen MR) is 133 cm³/mol. The van der Waals surface area contributed by atoms with Crippen molar-refractivity contribution >= 4 is 28.5 Å². The van der Waals surface area contributed by atoms with Crippen molar-refractivity contribution in [3.8, 4) is 0 Å². The number of para-hydroxylation sites is 2. The predicted octanol–water partition coefficient (Wildman–Crippen LogP) is 1.53. The number of hydrogen-bond donors (Lipinski definition) is 4. The molecule has 0 bridgehead atoms. The second-order valence-corrected chi connectivity index (χ2v) is 9.39. The molecule has 0 radical (unpaired) electrons. The molecule has 2 aromatic carbocycles. The largest absolute Gasteiger partial charge is 0.469 e. The van der Waals surface area contributed by atoms with Crippen LogP contribution in [0.15, 0.2) is 48.5 Å². The van der Waals surface area contributed by atoms with E-state index in [0.29, 0.717) is 16.9 Å². The van der Waals surface area contributed by atoms with Gasteiger partial charge in [0.1, 0.15) is 18.3 Å². The number of esters is 2. The normalized spacial score (nSPS) is 27.2. The maximum atomic E-state index is 12.6. The number of nitrogens with one attached hydrogen (secondary N) is 1. The monoisotopic (exact) mass is 510 g/mol. The summed E-state index contributed by atoms with van der Waals surface area (Å²) in [6.45, 7) is -0.183. The topological polar surface area (TPSA) is 142 Å². The van der Waals surface area contributed by atoms with Crippen LogP contribution in [0.2, 0.25) is 0 Å². The summed E-state index contributed by atoms with van der Waals surface area (Å²) in [5.41, 5.74) is 3.69. The van der Waals surface area contributed by atoms with Crippen LogP contribution in [0.3, 0.4) is 0 Å². The molecule has 1 saturated heterocycles. The highest BCUT2D eigenvalue weighted by atomic mass is 16.5. The molecule has 196 valence electrons. The minimum atomic E-state index is -1.44. The molecule has 6 atom stereocenters. The number of ether oxygens (including phenoxy) is 3. The van der Waals surface area contributed by atoms with Gasteiger partial charge < -0.3 is 39.4 Å². The molecular weight excluding hydrogens is 480 g/mol. The summed E-state index contributed by atoms with van der Waals surface area (Å²) in [4.78, 5) is 30.4. The van der Waals surface area contributed by atoms with Crippen LogP contribution in [0.5, 0.6) is 0 Å². The Morgan fingerprint density at radius 3 is 2.46 bits per heavy atom. The SMILES string of the molecule is COC(=O)Cc1c([C@@H]2[C@@H](CC(=O)OC)c3ccccc3N2[C@@H]2OC[C@@H](O)[C@H](O)[C@H]2O)[nH]c2ccccc12. The summed E-state index contributed by atoms with van der Waals surface area (Å²) >= 11 is 0. The van der Waals surface area contributed by atoms with Crippen molar-refractivity contribution in [3.63, 3.8) is 0 Å². The zero-order chi connectivity index (χ0) is 26.3. The Kier molecular flexibility index (Phi) is 6.91. The first-order valence-electron chi connectivity index (χ1n) is 12.1. The van der Waals surface area contributed by atoms with E-state index in [1.807, 2.05) is 53.4 Å². The molecule has 10 nitrogen and oxygen atoms in total. The summed E-state index contributed by atoms with van der Waals surface area (Å²) in [5.74, 6) is -1.28. The van der Waals surface area contributed by atoms with Crippen molar-refractivity contribution in [2.24, 2.45) is 0 Å². The van der Waals surface area contributed by atoms with E-state index in [4.69, 9.17) is 14.2 Å². The number of aromatic nitrogens is 1. The van der Waals surface area contributed by atoms with E-state index in [2.05, 4.69) is 4.98 Å². The molecular formula is C27H30N2O8. The summed E-state index contributed by atoms with van der Waals surface area (Å²) in [6, 6.07) is 14.4. The Morgan fingerprint density at radius 1 is 1.00 bits per heavy atom. The number of aromatic amines is 1. The van der Waals surface area contributed by atoms with Crippen molar-refractivity contribution in [2.45, 2.75) is 49.3 Å². The number of fused-ring (bicyclic) bond motifs is 2. The van der Waals surface area contributed by atoms with Gasteiger partial charge in [-0.15, -0.1) is 0 Å². The van der Waals surface area contributed by atoms with Crippen molar-refractivity contribution in [3.05, 3.63) is 65.4 Å². The summed E-state index contributed by atoms with van der Waals surface area (Å²) in [7, 11) is 2.65. The smallest absolute Gasteiger partial charge is 0.310 e. The summed E-state index contributed by atoms with van der Waals surface area (Å²) < 4.78 is 15.9. The zero-order valence-electron chi connectivity index (χ0n) is 20.5. The fourth-order valence-electron chi connectivity index (χ4n) is 5.59. The van der Waals surface area contributed by atoms with Crippen LogP contribution in [0.25, 0.3) is 10.9 Å². The van der Waals surface area contributed by atoms with Crippen molar-refractivity contribution in [2.75, 3.05) is 25.7 Å². The van der Waals surface area contributed by atoms with Crippen LogP contribution in [-0.4, -0.2) is 77.6 Å². The van der Waals surface area contributed by atoms with Gasteiger partial charge in [-0.3, -0.25) is 9.59 Å². The number of nitrogens with zero attached hydrogens (tertiary/aromatic N) is 1. The van der Waals surface area contributed by atoms with Gasteiger partial charge in [0.05, 0.1) is 39.7 Å². The molecule has 4 N–H and O–H groups in total. The molecule has 0 amide bonds. The number of carbonyl (C=O) groups is 2. The molecule has 5 rings (SSSR count). The van der Waals surface area contributed by atoms with Crippen molar-refractivity contribution < 1.29 is 39.1 Å². The molecule has 2 aliphatic heterocycles. The Balaban J connectivity index is 1.72. The number of carbonyl (C=O) groups excluding carboxylic acids is 2. The molecule has 37 heavy (non-hydrogen) atoms. The quantitative estimate of drug-likeness (QED) is 0.363. The fraction of sp³-hybridized carbons (Fsp3) is 0.407. The van der Waals surface area contributed by atoms with Gasteiger partial charge in [-0.2, -0.15) is 0 Å². The Labute approximate surface area is 213 Å². The first kappa shape index (κ1) is 25.2. The maximum absolute atomic E-state index is 12.6. The lowest BCUT2D eigenvalue weighted by Gasteiger charge is -2.44. The minimum absolute atomic E-state index is 0.0170. The van der Waals surface area contributed by atoms with Gasteiger partial charge in [-0.25, -0.2) is 0 Å². The maximum Gasteiger partial charge on any atom is 0.310 e. The second-order valence-electron chi connectivity index (χ2n) is 9.39. The zero-order valence-corrected chi connectivity index (χ0v) is 20.5. The molecule has 0 saturated carbocycles. The minimum Gasteiger partial charge on any atom is -0.469 e. The fourth-order valence-corrected chi connectivity index (χ4v) is 5.59. The van der Waals surface area contributed by atoms with E-state index >= 15 is 0 Å². The van der Waals surface area contributed by atoms with Crippen LogP contribution in [0.1, 0.15) is 35.2 Å². The highest BCUT2D eigenvalue weighted by Crippen LogP contribution is 2.53. The standard InChI is InChI=1S/C27H30N2O8/c1-35-21(31)11-16-14-7-3-5-9-18(14)28-23(16)24-17(12-22(32)36-2)15-8-4-6-10-19(15)29(24)27-26(34)25(33)20(30)13-37-27/h3-10,17,20,24-28,30,33-34H,11-13H2,1-2H3/t17-,20+,24-,25-,26+,27+/m0/s1. The van der Waals surface area contributed by atoms with Crippen LogP contribution in [0, 0.1) is 0 Å². The molecule has 3 heterocycles. The van der Waals surface area contributed by atoms with Gasteiger partial charge in [-0.1, -0.05) is 36.4 Å². The average molecular weight is 511 g/mol. The van der Waals surface area contributed by atoms with Crippen molar-refractivity contribution in [1.29, 1.82) is 0 Å². The molecule has 1 fully saturated rings.